The highest BCUT2D eigenvalue weighted by atomic mass is 32.2. The fraction of sp³-hybridized carbons (Fsp3) is 0.462. The van der Waals surface area contributed by atoms with E-state index in [1.807, 2.05) is 43.3 Å². The van der Waals surface area contributed by atoms with Crippen LogP contribution in [0, 0.1) is 6.92 Å². The number of fused-ring (bicyclic) bond motifs is 2. The summed E-state index contributed by atoms with van der Waals surface area (Å²) in [5.74, 6) is 1.76. The molecule has 0 bridgehead atoms. The molecule has 35 heavy (non-hydrogen) atoms. The number of piperidine rings is 1. The highest BCUT2D eigenvalue weighted by Gasteiger charge is 2.30. The Bertz CT molecular complexity index is 1380. The van der Waals surface area contributed by atoms with Gasteiger partial charge in [-0.15, -0.1) is 0 Å². The third-order valence-electron chi connectivity index (χ3n) is 6.94. The molecule has 1 saturated heterocycles. The van der Waals surface area contributed by atoms with E-state index < -0.39 is 15.9 Å². The Labute approximate surface area is 205 Å². The fourth-order valence-corrected chi connectivity index (χ4v) is 7.38. The lowest BCUT2D eigenvalue weighted by Crippen LogP contribution is -2.44. The highest BCUT2D eigenvalue weighted by Crippen LogP contribution is 2.33. The minimum atomic E-state index is -2.49. The van der Waals surface area contributed by atoms with Crippen LogP contribution in [0.1, 0.15) is 30.4 Å². The van der Waals surface area contributed by atoms with Crippen LogP contribution >= 0.6 is 0 Å². The molecule has 0 amide bonds. The van der Waals surface area contributed by atoms with Gasteiger partial charge in [0.1, 0.15) is 12.0 Å². The van der Waals surface area contributed by atoms with Gasteiger partial charge in [-0.25, -0.2) is 17.9 Å². The maximum absolute atomic E-state index is 14.1. The van der Waals surface area contributed by atoms with E-state index in [9.17, 15) is 8.60 Å². The summed E-state index contributed by atoms with van der Waals surface area (Å²) < 4.78 is 32.8. The van der Waals surface area contributed by atoms with Gasteiger partial charge >= 0.3 is 0 Å². The van der Waals surface area contributed by atoms with E-state index in [1.54, 1.807) is 0 Å². The first-order chi connectivity index (χ1) is 17.0. The van der Waals surface area contributed by atoms with Crippen LogP contribution in [0.5, 0.6) is 0 Å². The first-order valence-corrected chi connectivity index (χ1v) is 14.1. The predicted molar refractivity (Wildman–Crippen MR) is 138 cm³/mol. The van der Waals surface area contributed by atoms with Crippen molar-refractivity contribution in [3.63, 3.8) is 0 Å². The van der Waals surface area contributed by atoms with Crippen molar-refractivity contribution in [1.29, 1.82) is 0 Å². The molecule has 1 saturated carbocycles. The third-order valence-corrected chi connectivity index (χ3v) is 9.40. The highest BCUT2D eigenvalue weighted by molar-refractivity contribution is 7.93. The van der Waals surface area contributed by atoms with Crippen molar-refractivity contribution >= 4 is 32.4 Å². The molecule has 9 heteroatoms. The summed E-state index contributed by atoms with van der Waals surface area (Å²) in [6, 6.07) is 14.2. The summed E-state index contributed by atoms with van der Waals surface area (Å²) in [5, 5.41) is 7.58. The molecule has 3 atom stereocenters. The number of rotatable bonds is 4. The monoisotopic (exact) mass is 494 g/mol. The lowest BCUT2D eigenvalue weighted by Gasteiger charge is -2.28. The Morgan fingerprint density at radius 2 is 2.03 bits per heavy atom. The molecule has 0 spiro atoms. The molecule has 0 radical (unpaired) electrons. The van der Waals surface area contributed by atoms with Gasteiger partial charge < -0.3 is 15.5 Å². The number of hydrogen-bond acceptors (Lipinski definition) is 7. The number of anilines is 2. The topological polar surface area (TPSA) is 82.5 Å². The molecule has 3 aliphatic rings. The molecule has 3 heterocycles. The van der Waals surface area contributed by atoms with Gasteiger partial charge in [0.05, 0.1) is 31.9 Å². The summed E-state index contributed by atoms with van der Waals surface area (Å²) in [7, 11) is -2.49. The van der Waals surface area contributed by atoms with Gasteiger partial charge in [0, 0.05) is 44.0 Å². The van der Waals surface area contributed by atoms with Gasteiger partial charge in [0.25, 0.3) is 0 Å². The molecule has 3 aromatic rings. The van der Waals surface area contributed by atoms with Gasteiger partial charge in [0.15, 0.2) is 0 Å². The van der Waals surface area contributed by atoms with Crippen molar-refractivity contribution in [2.24, 2.45) is 4.36 Å². The number of hydrogen-bond donors (Lipinski definition) is 2. The van der Waals surface area contributed by atoms with E-state index in [-0.39, 0.29) is 12.1 Å². The van der Waals surface area contributed by atoms with E-state index in [1.165, 1.54) is 0 Å². The van der Waals surface area contributed by atoms with Crippen molar-refractivity contribution < 1.29 is 8.60 Å². The van der Waals surface area contributed by atoms with E-state index in [2.05, 4.69) is 21.6 Å². The van der Waals surface area contributed by atoms with Gasteiger partial charge in [-0.2, -0.15) is 4.98 Å². The zero-order valence-electron chi connectivity index (χ0n) is 19.9. The number of nitrogens with zero attached hydrogens (tertiary/aromatic N) is 4. The summed E-state index contributed by atoms with van der Waals surface area (Å²) in [4.78, 5) is 12.8. The van der Waals surface area contributed by atoms with Gasteiger partial charge in [-0.05, 0) is 43.5 Å². The second kappa shape index (κ2) is 9.02. The number of nitrogens with one attached hydrogen (secondary N) is 2. The Hall–Kier alpha value is -2.78. The summed E-state index contributed by atoms with van der Waals surface area (Å²) >= 11 is 0. The molecule has 7 nitrogen and oxygen atoms in total. The Balaban J connectivity index is 1.39. The second-order valence-corrected chi connectivity index (χ2v) is 12.3. The van der Waals surface area contributed by atoms with Crippen molar-refractivity contribution in [3.8, 4) is 0 Å². The minimum absolute atomic E-state index is 0.0499. The molecular formula is C26H31FN6OS. The van der Waals surface area contributed by atoms with Crippen molar-refractivity contribution in [3.05, 3.63) is 53.6 Å². The predicted octanol–water partition coefficient (Wildman–Crippen LogP) is 4.06. The van der Waals surface area contributed by atoms with Crippen molar-refractivity contribution in [1.82, 2.24) is 15.3 Å². The van der Waals surface area contributed by atoms with Crippen LogP contribution in [-0.2, 0) is 16.3 Å². The maximum atomic E-state index is 14.1. The van der Waals surface area contributed by atoms with Crippen LogP contribution in [0.2, 0.25) is 0 Å². The molecule has 2 N–H and O–H groups in total. The summed E-state index contributed by atoms with van der Waals surface area (Å²) in [5.41, 5.74) is 2.97. The van der Waals surface area contributed by atoms with Gasteiger partial charge in [0.2, 0.25) is 5.95 Å². The molecule has 1 unspecified atom stereocenters. The third kappa shape index (κ3) is 4.71. The zero-order chi connectivity index (χ0) is 24.0. The standard InChI is InChI=1S/C26H31FN6OS/c1-17-6-9-23-22(12-17)25(29-21-13-19(27)14-28-15-21)31-26(30-23)33-10-11-35(34,32-20-7-8-20)24-5-3-2-4-18(24)16-33/h2-6,9,12,19-21,28H,7-8,10-11,13-16H2,1H3,(H,29,30,31)/t19-,21-,35?/m0/s1. The van der Waals surface area contributed by atoms with E-state index in [0.29, 0.717) is 44.3 Å². The summed E-state index contributed by atoms with van der Waals surface area (Å²) in [6.07, 6.45) is 1.63. The average molecular weight is 495 g/mol. The normalized spacial score (nSPS) is 26.7. The number of aryl methyl sites for hydroxylation is 1. The average Bonchev–Trinajstić information content (AvgIpc) is 3.67. The Morgan fingerprint density at radius 3 is 2.86 bits per heavy atom. The first kappa shape index (κ1) is 22.7. The van der Waals surface area contributed by atoms with E-state index in [4.69, 9.17) is 14.3 Å². The van der Waals surface area contributed by atoms with Crippen LogP contribution in [0.25, 0.3) is 10.9 Å². The fourth-order valence-electron chi connectivity index (χ4n) is 4.95. The molecule has 1 aliphatic carbocycles. The molecular weight excluding hydrogens is 463 g/mol. The van der Waals surface area contributed by atoms with Crippen LogP contribution in [-0.4, -0.2) is 57.8 Å². The van der Waals surface area contributed by atoms with Gasteiger partial charge in [-0.3, -0.25) is 0 Å². The SMILES string of the molecule is Cc1ccc2nc(N3CCS(=O)(=NC4CC4)c4ccccc4C3)nc(N[C@@H]3CNC[C@@H](F)C3)c2c1. The Morgan fingerprint density at radius 1 is 1.17 bits per heavy atom. The number of benzene rings is 2. The van der Waals surface area contributed by atoms with E-state index >= 15 is 0 Å². The summed E-state index contributed by atoms with van der Waals surface area (Å²) in [6.45, 7) is 4.25. The van der Waals surface area contributed by atoms with Crippen LogP contribution < -0.4 is 15.5 Å². The van der Waals surface area contributed by atoms with Crippen LogP contribution in [0.15, 0.2) is 51.7 Å². The molecule has 2 aromatic carbocycles. The number of aromatic nitrogens is 2. The van der Waals surface area contributed by atoms with Gasteiger partial charge in [-0.1, -0.05) is 29.8 Å². The largest absolute Gasteiger partial charge is 0.365 e. The van der Waals surface area contributed by atoms with Crippen molar-refractivity contribution in [2.45, 2.75) is 55.9 Å². The molecule has 2 fully saturated rings. The van der Waals surface area contributed by atoms with Crippen molar-refractivity contribution in [2.75, 3.05) is 35.6 Å². The molecule has 6 rings (SSSR count). The molecule has 2 aliphatic heterocycles. The van der Waals surface area contributed by atoms with Crippen LogP contribution in [0.4, 0.5) is 16.2 Å². The lowest BCUT2D eigenvalue weighted by molar-refractivity contribution is 0.255. The minimum Gasteiger partial charge on any atom is -0.365 e. The quantitative estimate of drug-likeness (QED) is 0.569. The maximum Gasteiger partial charge on any atom is 0.228 e. The first-order valence-electron chi connectivity index (χ1n) is 12.4. The molecule has 184 valence electrons. The zero-order valence-corrected chi connectivity index (χ0v) is 20.7. The smallest absolute Gasteiger partial charge is 0.228 e. The number of halogens is 1. The number of alkyl halides is 1. The van der Waals surface area contributed by atoms with Crippen LogP contribution in [0.3, 0.4) is 0 Å². The molecule has 1 aromatic heterocycles. The van der Waals surface area contributed by atoms with E-state index in [0.717, 1.165) is 45.6 Å². The Kier molecular flexibility index (Phi) is 5.84. The lowest BCUT2D eigenvalue weighted by atomic mass is 10.1. The second-order valence-electron chi connectivity index (χ2n) is 9.94.